The molecule has 0 aromatic carbocycles. The fourth-order valence-electron chi connectivity index (χ4n) is 3.60. The predicted molar refractivity (Wildman–Crippen MR) is 130 cm³/mol. The molecule has 0 amide bonds. The van der Waals surface area contributed by atoms with Gasteiger partial charge in [-0.15, -0.1) is 10.2 Å². The van der Waals surface area contributed by atoms with E-state index in [-0.39, 0.29) is 18.4 Å². The van der Waals surface area contributed by atoms with Gasteiger partial charge in [-0.1, -0.05) is 18.5 Å². The third-order valence-corrected chi connectivity index (χ3v) is 7.39. The van der Waals surface area contributed by atoms with Crippen LogP contribution in [0.2, 0.25) is 5.02 Å². The lowest BCUT2D eigenvalue weighted by Gasteiger charge is -2.27. The van der Waals surface area contributed by atoms with Gasteiger partial charge in [0.25, 0.3) is 0 Å². The minimum Gasteiger partial charge on any atom is -0.385 e. The first kappa shape index (κ1) is 28.6. The Balaban J connectivity index is 1.94. The Hall–Kier alpha value is -1.94. The number of aromatic nitrogens is 5. The lowest BCUT2D eigenvalue weighted by atomic mass is 10.2. The average molecular weight is 549 g/mol. The molecule has 0 radical (unpaired) electrons. The van der Waals surface area contributed by atoms with Gasteiger partial charge >= 0.3 is 0 Å². The number of nitrogens with zero attached hydrogens (tertiary/aromatic N) is 5. The van der Waals surface area contributed by atoms with Crippen LogP contribution in [-0.4, -0.2) is 85.7 Å². The van der Waals surface area contributed by atoms with E-state index < -0.39 is 33.7 Å². The van der Waals surface area contributed by atoms with Crippen LogP contribution < -0.4 is 4.72 Å². The van der Waals surface area contributed by atoms with E-state index in [4.69, 9.17) is 35.3 Å². The molecule has 1 saturated heterocycles. The average Bonchev–Trinajstić information content (AvgIpc) is 3.28. The summed E-state index contributed by atoms with van der Waals surface area (Å²) in [5.41, 5.74) is 0. The number of sulfonamides is 1. The Morgan fingerprint density at radius 3 is 2.58 bits per heavy atom. The molecule has 1 fully saturated rings. The van der Waals surface area contributed by atoms with Gasteiger partial charge in [0.2, 0.25) is 16.0 Å². The zero-order valence-corrected chi connectivity index (χ0v) is 22.4. The minimum absolute atomic E-state index is 0.0276. The number of ether oxygens (including phenoxy) is 5. The molecule has 4 atom stereocenters. The highest BCUT2D eigenvalue weighted by Gasteiger charge is 2.36. The Bertz CT molecular complexity index is 1050. The number of nitrogens with one attached hydrogen (secondary N) is 1. The highest BCUT2D eigenvalue weighted by Crippen LogP contribution is 2.30. The SMILES string of the molecule is CCCO[C@@H](c1ncc(Cl)cn1)[C@H](C)S(=O)(=O)Nc1nnc([C@H]2COCCO2)n1C(CCOC)OC. The summed E-state index contributed by atoms with van der Waals surface area (Å²) >= 11 is 5.91. The number of rotatable bonds is 14. The minimum atomic E-state index is -4.07. The number of methoxy groups -OCH3 is 2. The van der Waals surface area contributed by atoms with Crippen molar-refractivity contribution < 1.29 is 32.1 Å². The van der Waals surface area contributed by atoms with Gasteiger partial charge in [0.05, 0.1) is 31.5 Å². The number of hydrogen-bond donors (Lipinski definition) is 1. The maximum atomic E-state index is 13.5. The van der Waals surface area contributed by atoms with Crippen LogP contribution in [0.5, 0.6) is 0 Å². The van der Waals surface area contributed by atoms with Crippen LogP contribution in [0, 0.1) is 0 Å². The molecule has 1 aliphatic rings. The topological polar surface area (TPSA) is 149 Å². The molecule has 13 nitrogen and oxygen atoms in total. The monoisotopic (exact) mass is 548 g/mol. The zero-order valence-electron chi connectivity index (χ0n) is 20.8. The van der Waals surface area contributed by atoms with Crippen LogP contribution in [0.15, 0.2) is 12.4 Å². The van der Waals surface area contributed by atoms with Gasteiger partial charge in [-0.25, -0.2) is 18.4 Å². The van der Waals surface area contributed by atoms with Gasteiger partial charge in [-0.05, 0) is 13.3 Å². The van der Waals surface area contributed by atoms with E-state index in [1.165, 1.54) is 26.4 Å². The second kappa shape index (κ2) is 13.6. The van der Waals surface area contributed by atoms with E-state index in [0.717, 1.165) is 0 Å². The van der Waals surface area contributed by atoms with Crippen molar-refractivity contribution in [2.24, 2.45) is 0 Å². The Morgan fingerprint density at radius 2 is 1.97 bits per heavy atom. The standard InChI is InChI=1S/C21H33ClN6O7S/c1-5-7-35-18(19-23-11-15(22)12-24-19)14(2)36(29,30)27-21-26-25-20(16-13-33-9-10-34-16)28(21)17(32-4)6-8-31-3/h11-12,14,16-18H,5-10,13H2,1-4H3,(H,26,27)/t14-,16+,17?,18+/m0/s1. The van der Waals surface area contributed by atoms with Gasteiger partial charge < -0.3 is 23.7 Å². The lowest BCUT2D eigenvalue weighted by Crippen LogP contribution is -2.35. The van der Waals surface area contributed by atoms with Crippen molar-refractivity contribution in [3.8, 4) is 0 Å². The normalized spacial score (nSPS) is 19.1. The molecule has 2 aromatic heterocycles. The first-order chi connectivity index (χ1) is 17.3. The van der Waals surface area contributed by atoms with Crippen molar-refractivity contribution in [2.75, 3.05) is 52.0 Å². The van der Waals surface area contributed by atoms with Gasteiger partial charge in [0.1, 0.15) is 23.7 Å². The van der Waals surface area contributed by atoms with E-state index in [0.29, 0.717) is 50.1 Å². The summed E-state index contributed by atoms with van der Waals surface area (Å²) in [6.07, 6.45) is 1.78. The molecule has 3 heterocycles. The molecule has 0 aliphatic carbocycles. The largest absolute Gasteiger partial charge is 0.385 e. The summed E-state index contributed by atoms with van der Waals surface area (Å²) in [6, 6.07) is 0. The zero-order chi connectivity index (χ0) is 26.1. The molecule has 1 unspecified atom stereocenters. The van der Waals surface area contributed by atoms with Crippen molar-refractivity contribution in [3.05, 3.63) is 29.1 Å². The van der Waals surface area contributed by atoms with Gasteiger partial charge in [-0.2, -0.15) is 0 Å². The second-order valence-corrected chi connectivity index (χ2v) is 10.5. The Morgan fingerprint density at radius 1 is 1.22 bits per heavy atom. The molecule has 3 rings (SSSR count). The van der Waals surface area contributed by atoms with Crippen molar-refractivity contribution >= 4 is 27.6 Å². The third-order valence-electron chi connectivity index (χ3n) is 5.50. The molecule has 0 bridgehead atoms. The van der Waals surface area contributed by atoms with E-state index in [1.54, 1.807) is 11.7 Å². The summed E-state index contributed by atoms with van der Waals surface area (Å²) < 4.78 is 59.2. The maximum Gasteiger partial charge on any atom is 0.240 e. The number of anilines is 1. The van der Waals surface area contributed by atoms with Crippen molar-refractivity contribution in [2.45, 2.75) is 50.4 Å². The van der Waals surface area contributed by atoms with Crippen molar-refractivity contribution in [3.63, 3.8) is 0 Å². The fraction of sp³-hybridized carbons (Fsp3) is 0.714. The smallest absolute Gasteiger partial charge is 0.240 e. The first-order valence-electron chi connectivity index (χ1n) is 11.6. The number of halogens is 1. The molecule has 15 heteroatoms. The Kier molecular flexibility index (Phi) is 10.8. The highest BCUT2D eigenvalue weighted by molar-refractivity contribution is 7.93. The van der Waals surface area contributed by atoms with E-state index in [2.05, 4.69) is 24.9 Å². The molecular formula is C21H33ClN6O7S. The highest BCUT2D eigenvalue weighted by atomic mass is 35.5. The van der Waals surface area contributed by atoms with Gasteiger partial charge in [0.15, 0.2) is 11.6 Å². The summed E-state index contributed by atoms with van der Waals surface area (Å²) in [5.74, 6) is 0.554. The Labute approximate surface area is 215 Å². The second-order valence-electron chi connectivity index (χ2n) is 8.06. The summed E-state index contributed by atoms with van der Waals surface area (Å²) in [6.45, 7) is 5.21. The summed E-state index contributed by atoms with van der Waals surface area (Å²) in [7, 11) is -0.996. The molecule has 0 spiro atoms. The van der Waals surface area contributed by atoms with Crippen LogP contribution in [0.3, 0.4) is 0 Å². The molecule has 0 saturated carbocycles. The van der Waals surface area contributed by atoms with E-state index >= 15 is 0 Å². The lowest BCUT2D eigenvalue weighted by molar-refractivity contribution is -0.0982. The van der Waals surface area contributed by atoms with Crippen LogP contribution in [0.4, 0.5) is 5.95 Å². The van der Waals surface area contributed by atoms with Crippen LogP contribution in [0.1, 0.15) is 56.8 Å². The molecule has 202 valence electrons. The maximum absolute atomic E-state index is 13.5. The molecule has 1 aliphatic heterocycles. The predicted octanol–water partition coefficient (Wildman–Crippen LogP) is 2.29. The third kappa shape index (κ3) is 7.09. The van der Waals surface area contributed by atoms with Crippen LogP contribution in [-0.2, 0) is 33.7 Å². The fourth-order valence-corrected chi connectivity index (χ4v) is 4.80. The van der Waals surface area contributed by atoms with Gasteiger partial charge in [0, 0.05) is 39.6 Å². The van der Waals surface area contributed by atoms with E-state index in [1.807, 2.05) is 6.92 Å². The summed E-state index contributed by atoms with van der Waals surface area (Å²) in [5, 5.41) is 7.57. The molecular weight excluding hydrogens is 516 g/mol. The van der Waals surface area contributed by atoms with Gasteiger partial charge in [-0.3, -0.25) is 9.29 Å². The van der Waals surface area contributed by atoms with Crippen molar-refractivity contribution in [1.82, 2.24) is 24.7 Å². The summed E-state index contributed by atoms with van der Waals surface area (Å²) in [4.78, 5) is 8.35. The number of hydrogen-bond acceptors (Lipinski definition) is 11. The molecule has 36 heavy (non-hydrogen) atoms. The van der Waals surface area contributed by atoms with Crippen LogP contribution in [0.25, 0.3) is 0 Å². The van der Waals surface area contributed by atoms with E-state index in [9.17, 15) is 8.42 Å². The van der Waals surface area contributed by atoms with Crippen LogP contribution >= 0.6 is 11.6 Å². The quantitative estimate of drug-likeness (QED) is 0.370. The van der Waals surface area contributed by atoms with Crippen molar-refractivity contribution in [1.29, 1.82) is 0 Å². The first-order valence-corrected chi connectivity index (χ1v) is 13.5. The molecule has 1 N–H and O–H groups in total. The molecule has 2 aromatic rings.